The van der Waals surface area contributed by atoms with Crippen molar-refractivity contribution in [1.29, 1.82) is 0 Å². The molecule has 0 spiro atoms. The summed E-state index contributed by atoms with van der Waals surface area (Å²) in [6.45, 7) is 1.67. The summed E-state index contributed by atoms with van der Waals surface area (Å²) in [5.41, 5.74) is 5.36. The Hall–Kier alpha value is -1.62. The number of nitrogens with one attached hydrogen (secondary N) is 1. The van der Waals surface area contributed by atoms with E-state index in [-0.39, 0.29) is 23.9 Å². The highest BCUT2D eigenvalue weighted by atomic mass is 19.1. The molecule has 0 saturated carbocycles. The fourth-order valence-corrected chi connectivity index (χ4v) is 1.27. The number of hydrogen-bond acceptors (Lipinski definition) is 3. The maximum Gasteiger partial charge on any atom is 0.253 e. The second-order valence-corrected chi connectivity index (χ2v) is 3.46. The average molecular weight is 226 g/mol. The Morgan fingerprint density at radius 1 is 1.62 bits per heavy atom. The van der Waals surface area contributed by atoms with Gasteiger partial charge in [-0.1, -0.05) is 13.0 Å². The van der Waals surface area contributed by atoms with Crippen molar-refractivity contribution >= 4 is 11.6 Å². The van der Waals surface area contributed by atoms with E-state index in [1.54, 1.807) is 0 Å². The van der Waals surface area contributed by atoms with E-state index in [9.17, 15) is 9.18 Å². The zero-order valence-corrected chi connectivity index (χ0v) is 9.03. The molecule has 0 bridgehead atoms. The molecule has 0 radical (unpaired) electrons. The van der Waals surface area contributed by atoms with Crippen molar-refractivity contribution in [1.82, 2.24) is 5.32 Å². The molecule has 4 N–H and O–H groups in total. The smallest absolute Gasteiger partial charge is 0.253 e. The van der Waals surface area contributed by atoms with Gasteiger partial charge in [-0.2, -0.15) is 0 Å². The van der Waals surface area contributed by atoms with Crippen molar-refractivity contribution in [3.63, 3.8) is 0 Å². The molecule has 0 unspecified atom stereocenters. The summed E-state index contributed by atoms with van der Waals surface area (Å²) in [7, 11) is 0. The molecule has 1 atom stereocenters. The monoisotopic (exact) mass is 226 g/mol. The first-order valence-corrected chi connectivity index (χ1v) is 5.05. The standard InChI is InChI=1S/C11H15FN2O2/c1-2-7(6-15)14-11(16)8-4-3-5-9(12)10(8)13/h3-5,7,15H,2,6,13H2,1H3,(H,14,16)/t7-/m0/s1. The molecule has 1 rings (SSSR count). The minimum atomic E-state index is -0.621. The van der Waals surface area contributed by atoms with Crippen LogP contribution in [0.15, 0.2) is 18.2 Å². The first-order valence-electron chi connectivity index (χ1n) is 5.05. The summed E-state index contributed by atoms with van der Waals surface area (Å²) < 4.78 is 13.1. The van der Waals surface area contributed by atoms with Crippen molar-refractivity contribution in [2.24, 2.45) is 0 Å². The quantitative estimate of drug-likeness (QED) is 0.668. The lowest BCUT2D eigenvalue weighted by atomic mass is 10.1. The Bertz CT molecular complexity index is 378. The van der Waals surface area contributed by atoms with Gasteiger partial charge in [0.15, 0.2) is 0 Å². The predicted octanol–water partition coefficient (Wildman–Crippen LogP) is 0.909. The van der Waals surface area contributed by atoms with Gasteiger partial charge < -0.3 is 16.2 Å². The third-order valence-electron chi connectivity index (χ3n) is 2.35. The Morgan fingerprint density at radius 2 is 2.31 bits per heavy atom. The van der Waals surface area contributed by atoms with E-state index in [2.05, 4.69) is 5.32 Å². The van der Waals surface area contributed by atoms with Gasteiger partial charge in [0, 0.05) is 0 Å². The predicted molar refractivity (Wildman–Crippen MR) is 59.4 cm³/mol. The van der Waals surface area contributed by atoms with Crippen LogP contribution in [0.4, 0.5) is 10.1 Å². The largest absolute Gasteiger partial charge is 0.396 e. The minimum Gasteiger partial charge on any atom is -0.396 e. The number of aliphatic hydroxyl groups is 1. The van der Waals surface area contributed by atoms with Gasteiger partial charge in [0.1, 0.15) is 5.82 Å². The van der Waals surface area contributed by atoms with Crippen LogP contribution in [0, 0.1) is 5.82 Å². The Balaban J connectivity index is 2.84. The van der Waals surface area contributed by atoms with Crippen molar-refractivity contribution < 1.29 is 14.3 Å². The molecule has 16 heavy (non-hydrogen) atoms. The van der Waals surface area contributed by atoms with Gasteiger partial charge in [-0.05, 0) is 18.6 Å². The van der Waals surface area contributed by atoms with E-state index in [4.69, 9.17) is 10.8 Å². The van der Waals surface area contributed by atoms with E-state index in [0.717, 1.165) is 0 Å². The molecular weight excluding hydrogens is 211 g/mol. The Morgan fingerprint density at radius 3 is 2.88 bits per heavy atom. The molecule has 0 aliphatic rings. The molecule has 0 saturated heterocycles. The number of benzene rings is 1. The normalized spacial score (nSPS) is 12.2. The van der Waals surface area contributed by atoms with Crippen molar-refractivity contribution in [3.8, 4) is 0 Å². The summed E-state index contributed by atoms with van der Waals surface area (Å²) in [5, 5.41) is 11.5. The number of halogens is 1. The highest BCUT2D eigenvalue weighted by molar-refractivity contribution is 5.99. The number of para-hydroxylation sites is 1. The number of aliphatic hydroxyl groups excluding tert-OH is 1. The number of anilines is 1. The molecule has 0 heterocycles. The van der Waals surface area contributed by atoms with Crippen LogP contribution in [0.5, 0.6) is 0 Å². The topological polar surface area (TPSA) is 75.3 Å². The number of hydrogen-bond donors (Lipinski definition) is 3. The van der Waals surface area contributed by atoms with Gasteiger partial charge in [-0.3, -0.25) is 4.79 Å². The second-order valence-electron chi connectivity index (χ2n) is 3.46. The van der Waals surface area contributed by atoms with Crippen LogP contribution in [0.2, 0.25) is 0 Å². The van der Waals surface area contributed by atoms with Gasteiger partial charge in [0.2, 0.25) is 0 Å². The SMILES string of the molecule is CC[C@@H](CO)NC(=O)c1cccc(F)c1N. The third kappa shape index (κ3) is 2.70. The van der Waals surface area contributed by atoms with Gasteiger partial charge in [-0.15, -0.1) is 0 Å². The van der Waals surface area contributed by atoms with E-state index in [0.29, 0.717) is 6.42 Å². The van der Waals surface area contributed by atoms with Crippen LogP contribution in [-0.4, -0.2) is 23.7 Å². The molecule has 88 valence electrons. The maximum atomic E-state index is 13.1. The average Bonchev–Trinajstić information content (AvgIpc) is 2.29. The molecular formula is C11H15FN2O2. The maximum absolute atomic E-state index is 13.1. The Kier molecular flexibility index (Phi) is 4.25. The van der Waals surface area contributed by atoms with Crippen LogP contribution in [-0.2, 0) is 0 Å². The van der Waals surface area contributed by atoms with E-state index in [1.807, 2.05) is 6.92 Å². The first-order chi connectivity index (χ1) is 7.60. The molecule has 0 fully saturated rings. The van der Waals surface area contributed by atoms with Gasteiger partial charge in [-0.25, -0.2) is 4.39 Å². The van der Waals surface area contributed by atoms with E-state index in [1.165, 1.54) is 18.2 Å². The second kappa shape index (κ2) is 5.46. The molecule has 1 amide bonds. The summed E-state index contributed by atoms with van der Waals surface area (Å²) in [5.74, 6) is -1.09. The van der Waals surface area contributed by atoms with Crippen molar-refractivity contribution in [2.45, 2.75) is 19.4 Å². The molecule has 0 aliphatic carbocycles. The Labute approximate surface area is 93.3 Å². The van der Waals surface area contributed by atoms with Crippen LogP contribution >= 0.6 is 0 Å². The number of carbonyl (C=O) groups is 1. The highest BCUT2D eigenvalue weighted by Crippen LogP contribution is 2.15. The lowest BCUT2D eigenvalue weighted by molar-refractivity contribution is 0.0915. The number of nitrogens with two attached hydrogens (primary N) is 1. The summed E-state index contributed by atoms with van der Waals surface area (Å²) in [4.78, 5) is 11.7. The lowest BCUT2D eigenvalue weighted by Crippen LogP contribution is -2.37. The fourth-order valence-electron chi connectivity index (χ4n) is 1.27. The number of rotatable bonds is 4. The fraction of sp³-hybridized carbons (Fsp3) is 0.364. The van der Waals surface area contributed by atoms with Gasteiger partial charge in [0.25, 0.3) is 5.91 Å². The molecule has 4 nitrogen and oxygen atoms in total. The van der Waals surface area contributed by atoms with Crippen molar-refractivity contribution in [2.75, 3.05) is 12.3 Å². The third-order valence-corrected chi connectivity index (χ3v) is 2.35. The molecule has 0 aliphatic heterocycles. The van der Waals surface area contributed by atoms with Gasteiger partial charge in [0.05, 0.1) is 23.9 Å². The number of nitrogen functional groups attached to an aromatic ring is 1. The molecule has 0 aromatic heterocycles. The summed E-state index contributed by atoms with van der Waals surface area (Å²) in [6, 6.07) is 3.71. The molecule has 1 aromatic rings. The zero-order valence-electron chi connectivity index (χ0n) is 9.03. The van der Waals surface area contributed by atoms with Crippen LogP contribution in [0.3, 0.4) is 0 Å². The minimum absolute atomic E-state index is 0.0897. The highest BCUT2D eigenvalue weighted by Gasteiger charge is 2.15. The van der Waals surface area contributed by atoms with E-state index < -0.39 is 11.7 Å². The van der Waals surface area contributed by atoms with E-state index >= 15 is 0 Å². The zero-order chi connectivity index (χ0) is 12.1. The summed E-state index contributed by atoms with van der Waals surface area (Å²) in [6.07, 6.45) is 0.595. The number of amides is 1. The van der Waals surface area contributed by atoms with Crippen molar-refractivity contribution in [3.05, 3.63) is 29.6 Å². The van der Waals surface area contributed by atoms with Crippen LogP contribution < -0.4 is 11.1 Å². The van der Waals surface area contributed by atoms with Crippen LogP contribution in [0.25, 0.3) is 0 Å². The first kappa shape index (κ1) is 12.4. The molecule has 5 heteroatoms. The summed E-state index contributed by atoms with van der Waals surface area (Å²) >= 11 is 0. The van der Waals surface area contributed by atoms with Crippen LogP contribution in [0.1, 0.15) is 23.7 Å². The van der Waals surface area contributed by atoms with Gasteiger partial charge >= 0.3 is 0 Å². The lowest BCUT2D eigenvalue weighted by Gasteiger charge is -2.14. The number of carbonyl (C=O) groups excluding carboxylic acids is 1. The molecule has 1 aromatic carbocycles.